The van der Waals surface area contributed by atoms with Gasteiger partial charge in [-0.2, -0.15) is 0 Å². The number of nitrogens with one attached hydrogen (secondary N) is 1. The van der Waals surface area contributed by atoms with Gasteiger partial charge in [0.15, 0.2) is 0 Å². The number of carbonyl (C=O) groups is 1. The molecule has 1 aromatic rings. The maximum Gasteiger partial charge on any atom is 0.220 e. The Balaban J connectivity index is 1.58. The number of rotatable bonds is 7. The minimum absolute atomic E-state index is 0.0502. The van der Waals surface area contributed by atoms with E-state index in [0.717, 1.165) is 51.0 Å². The van der Waals surface area contributed by atoms with Gasteiger partial charge in [0.2, 0.25) is 5.91 Å². The zero-order chi connectivity index (χ0) is 15.9. The molecule has 0 spiro atoms. The van der Waals surface area contributed by atoms with E-state index in [9.17, 15) is 9.18 Å². The number of nitrogens with zero attached hydrogens (tertiary/aromatic N) is 1. The number of hydrogen-bond donors (Lipinski definition) is 2. The summed E-state index contributed by atoms with van der Waals surface area (Å²) in [5, 5.41) is 3.46. The summed E-state index contributed by atoms with van der Waals surface area (Å²) in [5.74, 6) is -0.496. The van der Waals surface area contributed by atoms with Gasteiger partial charge in [0.25, 0.3) is 0 Å². The van der Waals surface area contributed by atoms with Crippen molar-refractivity contribution < 1.29 is 9.18 Å². The zero-order valence-corrected chi connectivity index (χ0v) is 13.4. The molecule has 0 aromatic heterocycles. The normalized spacial score (nSPS) is 16.8. The molecule has 1 aromatic carbocycles. The average Bonchev–Trinajstić information content (AvgIpc) is 2.51. The summed E-state index contributed by atoms with van der Waals surface area (Å²) in [5.41, 5.74) is 6.22. The van der Waals surface area contributed by atoms with E-state index in [4.69, 9.17) is 17.3 Å². The summed E-state index contributed by atoms with van der Waals surface area (Å²) in [4.78, 5) is 13.5. The Bertz CT molecular complexity index is 504. The Kier molecular flexibility index (Phi) is 6.61. The van der Waals surface area contributed by atoms with E-state index in [1.807, 2.05) is 6.07 Å². The predicted octanol–water partition coefficient (Wildman–Crippen LogP) is 2.16. The summed E-state index contributed by atoms with van der Waals surface area (Å²) < 4.78 is 13.3. The third-order valence-corrected chi connectivity index (χ3v) is 4.44. The second-order valence-electron chi connectivity index (χ2n) is 5.80. The largest absolute Gasteiger partial charge is 0.369 e. The van der Waals surface area contributed by atoms with Crippen molar-refractivity contribution in [3.63, 3.8) is 0 Å². The third-order valence-electron chi connectivity index (χ3n) is 4.13. The number of piperidine rings is 1. The van der Waals surface area contributed by atoms with Gasteiger partial charge < -0.3 is 16.0 Å². The molecule has 0 unspecified atom stereocenters. The summed E-state index contributed by atoms with van der Waals surface area (Å²) in [6, 6.07) is 4.87. The van der Waals surface area contributed by atoms with Crippen molar-refractivity contribution in [3.8, 4) is 0 Å². The Morgan fingerprint density at radius 3 is 2.77 bits per heavy atom. The molecule has 1 saturated heterocycles. The molecule has 0 aliphatic carbocycles. The van der Waals surface area contributed by atoms with Crippen molar-refractivity contribution in [2.24, 2.45) is 11.7 Å². The predicted molar refractivity (Wildman–Crippen MR) is 86.1 cm³/mol. The molecular formula is C16H23ClFN3O. The molecular weight excluding hydrogens is 305 g/mol. The highest BCUT2D eigenvalue weighted by molar-refractivity contribution is 6.30. The maximum absolute atomic E-state index is 13.3. The van der Waals surface area contributed by atoms with Crippen molar-refractivity contribution in [1.82, 2.24) is 10.2 Å². The van der Waals surface area contributed by atoms with Gasteiger partial charge in [0.1, 0.15) is 5.82 Å². The quantitative estimate of drug-likeness (QED) is 0.754. The van der Waals surface area contributed by atoms with Gasteiger partial charge in [0, 0.05) is 12.5 Å². The van der Waals surface area contributed by atoms with Crippen molar-refractivity contribution in [1.29, 1.82) is 0 Å². The molecule has 0 bridgehead atoms. The van der Waals surface area contributed by atoms with Crippen LogP contribution < -0.4 is 11.1 Å². The number of hydrogen-bond acceptors (Lipinski definition) is 3. The van der Waals surface area contributed by atoms with Crippen molar-refractivity contribution in [2.45, 2.75) is 25.8 Å². The average molecular weight is 328 g/mol. The van der Waals surface area contributed by atoms with E-state index in [1.165, 1.54) is 6.07 Å². The van der Waals surface area contributed by atoms with Crippen LogP contribution in [0.25, 0.3) is 0 Å². The van der Waals surface area contributed by atoms with Gasteiger partial charge in [-0.25, -0.2) is 4.39 Å². The molecule has 4 nitrogen and oxygen atoms in total. The van der Waals surface area contributed by atoms with Crippen LogP contribution in [-0.4, -0.2) is 37.0 Å². The van der Waals surface area contributed by atoms with Crippen LogP contribution in [0.4, 0.5) is 4.39 Å². The molecule has 1 fully saturated rings. The Morgan fingerprint density at radius 2 is 2.14 bits per heavy atom. The standard InChI is InChI=1S/C16H23ClFN3O/c17-14-3-2-12(10-15(14)18)11-20-6-1-7-21-8-4-13(5-9-21)16(19)22/h2-3,10,13,20H,1,4-9,11H2,(H2,19,22). The molecule has 0 saturated carbocycles. The first-order chi connectivity index (χ1) is 10.6. The third kappa shape index (κ3) is 5.23. The number of amides is 1. The first-order valence-electron chi connectivity index (χ1n) is 7.72. The number of halogens is 2. The second kappa shape index (κ2) is 8.46. The number of benzene rings is 1. The fourth-order valence-corrected chi connectivity index (χ4v) is 2.87. The lowest BCUT2D eigenvalue weighted by molar-refractivity contribution is -0.123. The van der Waals surface area contributed by atoms with Gasteiger partial charge in [-0.15, -0.1) is 0 Å². The lowest BCUT2D eigenvalue weighted by Gasteiger charge is -2.30. The number of likely N-dealkylation sites (tertiary alicyclic amines) is 1. The van der Waals surface area contributed by atoms with Gasteiger partial charge in [-0.3, -0.25) is 4.79 Å². The van der Waals surface area contributed by atoms with Crippen LogP contribution >= 0.6 is 11.6 Å². The van der Waals surface area contributed by atoms with E-state index in [2.05, 4.69) is 10.2 Å². The Morgan fingerprint density at radius 1 is 1.41 bits per heavy atom. The number of carbonyl (C=O) groups excluding carboxylic acids is 1. The summed E-state index contributed by atoms with van der Waals surface area (Å²) in [6.07, 6.45) is 2.76. The minimum atomic E-state index is -0.377. The summed E-state index contributed by atoms with van der Waals surface area (Å²) in [7, 11) is 0. The molecule has 1 amide bonds. The van der Waals surface area contributed by atoms with E-state index in [-0.39, 0.29) is 22.7 Å². The first kappa shape index (κ1) is 17.2. The van der Waals surface area contributed by atoms with Crippen LogP contribution in [-0.2, 0) is 11.3 Å². The summed E-state index contributed by atoms with van der Waals surface area (Å²) >= 11 is 5.65. The maximum atomic E-state index is 13.3. The fourth-order valence-electron chi connectivity index (χ4n) is 2.75. The lowest BCUT2D eigenvalue weighted by atomic mass is 9.96. The van der Waals surface area contributed by atoms with Crippen LogP contribution in [0.5, 0.6) is 0 Å². The van der Waals surface area contributed by atoms with Crippen LogP contribution in [0.2, 0.25) is 5.02 Å². The molecule has 22 heavy (non-hydrogen) atoms. The highest BCUT2D eigenvalue weighted by Crippen LogP contribution is 2.17. The van der Waals surface area contributed by atoms with Crippen LogP contribution in [0, 0.1) is 11.7 Å². The van der Waals surface area contributed by atoms with Crippen LogP contribution in [0.1, 0.15) is 24.8 Å². The Labute approximate surface area is 135 Å². The fraction of sp³-hybridized carbons (Fsp3) is 0.562. The Hall–Kier alpha value is -1.17. The minimum Gasteiger partial charge on any atom is -0.369 e. The van der Waals surface area contributed by atoms with E-state index < -0.39 is 0 Å². The van der Waals surface area contributed by atoms with Gasteiger partial charge in [-0.05, 0) is 63.1 Å². The van der Waals surface area contributed by atoms with E-state index in [1.54, 1.807) is 6.07 Å². The molecule has 122 valence electrons. The van der Waals surface area contributed by atoms with Crippen molar-refractivity contribution >= 4 is 17.5 Å². The number of nitrogens with two attached hydrogens (primary N) is 1. The van der Waals surface area contributed by atoms with Gasteiger partial charge in [-0.1, -0.05) is 17.7 Å². The molecule has 3 N–H and O–H groups in total. The summed E-state index contributed by atoms with van der Waals surface area (Å²) in [6.45, 7) is 4.40. The van der Waals surface area contributed by atoms with Gasteiger partial charge >= 0.3 is 0 Å². The molecule has 1 aliphatic heterocycles. The lowest BCUT2D eigenvalue weighted by Crippen LogP contribution is -2.39. The molecule has 6 heteroatoms. The topological polar surface area (TPSA) is 58.4 Å². The SMILES string of the molecule is NC(=O)C1CCN(CCCNCc2ccc(Cl)c(F)c2)CC1. The second-order valence-corrected chi connectivity index (χ2v) is 6.20. The molecule has 1 heterocycles. The van der Waals surface area contributed by atoms with Crippen molar-refractivity contribution in [3.05, 3.63) is 34.6 Å². The molecule has 2 rings (SSSR count). The molecule has 0 atom stereocenters. The number of primary amides is 1. The highest BCUT2D eigenvalue weighted by atomic mass is 35.5. The van der Waals surface area contributed by atoms with E-state index >= 15 is 0 Å². The van der Waals surface area contributed by atoms with Crippen LogP contribution in [0.3, 0.4) is 0 Å². The van der Waals surface area contributed by atoms with E-state index in [0.29, 0.717) is 6.54 Å². The monoisotopic (exact) mass is 327 g/mol. The molecule has 1 aliphatic rings. The highest BCUT2D eigenvalue weighted by Gasteiger charge is 2.22. The van der Waals surface area contributed by atoms with Crippen LogP contribution in [0.15, 0.2) is 18.2 Å². The van der Waals surface area contributed by atoms with Crippen molar-refractivity contribution in [2.75, 3.05) is 26.2 Å². The molecule has 0 radical (unpaired) electrons. The van der Waals surface area contributed by atoms with Gasteiger partial charge in [0.05, 0.1) is 5.02 Å². The smallest absolute Gasteiger partial charge is 0.220 e. The zero-order valence-electron chi connectivity index (χ0n) is 12.7. The first-order valence-corrected chi connectivity index (χ1v) is 8.10.